The molecule has 1 aliphatic heterocycles. The van der Waals surface area contributed by atoms with Crippen LogP contribution in [-0.2, 0) is 21.0 Å². The molecular weight excluding hydrogens is 491 g/mol. The molecule has 3 rings (SSSR count). The van der Waals surface area contributed by atoms with Crippen LogP contribution in [0.4, 0.5) is 18.9 Å². The molecule has 0 unspecified atom stereocenters. The Morgan fingerprint density at radius 3 is 2.22 bits per heavy atom. The summed E-state index contributed by atoms with van der Waals surface area (Å²) in [6.45, 7) is 8.73. The van der Waals surface area contributed by atoms with Crippen LogP contribution in [0.15, 0.2) is 47.4 Å². The summed E-state index contributed by atoms with van der Waals surface area (Å²) in [5.41, 5.74) is 2.25. The topological polar surface area (TPSA) is 69.7 Å². The van der Waals surface area contributed by atoms with Crippen molar-refractivity contribution >= 4 is 21.6 Å². The van der Waals surface area contributed by atoms with E-state index in [-0.39, 0.29) is 10.8 Å². The minimum Gasteiger partial charge on any atom is -0.384 e. The number of halogens is 3. The van der Waals surface area contributed by atoms with Crippen molar-refractivity contribution in [1.29, 1.82) is 0 Å². The Kier molecular flexibility index (Phi) is 8.71. The SMILES string of the molecule is Cc1cccc(C)c1NCCC(=O)N1CCC(N(C(C)C)S(=O)(=O)c2cccc(C(F)(F)F)c2)CC1. The lowest BCUT2D eigenvalue weighted by Gasteiger charge is -2.39. The number of benzene rings is 2. The number of aryl methyl sites for hydroxylation is 2. The van der Waals surface area contributed by atoms with Crippen LogP contribution in [0, 0.1) is 13.8 Å². The molecule has 6 nitrogen and oxygen atoms in total. The third-order valence-electron chi connectivity index (χ3n) is 6.54. The number of amides is 1. The van der Waals surface area contributed by atoms with Crippen LogP contribution < -0.4 is 5.32 Å². The third-order valence-corrected chi connectivity index (χ3v) is 8.67. The van der Waals surface area contributed by atoms with Gasteiger partial charge in [0.15, 0.2) is 0 Å². The molecule has 0 atom stereocenters. The summed E-state index contributed by atoms with van der Waals surface area (Å²) in [4.78, 5) is 14.1. The number of likely N-dealkylation sites (tertiary alicyclic amines) is 1. The van der Waals surface area contributed by atoms with E-state index >= 15 is 0 Å². The van der Waals surface area contributed by atoms with Crippen molar-refractivity contribution < 1.29 is 26.4 Å². The van der Waals surface area contributed by atoms with Crippen LogP contribution in [0.25, 0.3) is 0 Å². The number of hydrogen-bond donors (Lipinski definition) is 1. The van der Waals surface area contributed by atoms with Gasteiger partial charge in [0.05, 0.1) is 10.5 Å². The van der Waals surface area contributed by atoms with Gasteiger partial charge in [0.2, 0.25) is 15.9 Å². The second-order valence-corrected chi connectivity index (χ2v) is 11.4. The molecule has 0 aromatic heterocycles. The van der Waals surface area contributed by atoms with Crippen molar-refractivity contribution in [3.8, 4) is 0 Å². The van der Waals surface area contributed by atoms with Gasteiger partial charge in [-0.2, -0.15) is 17.5 Å². The van der Waals surface area contributed by atoms with Gasteiger partial charge < -0.3 is 10.2 Å². The molecule has 1 aliphatic rings. The van der Waals surface area contributed by atoms with Gasteiger partial charge in [-0.3, -0.25) is 4.79 Å². The Hall–Kier alpha value is -2.59. The molecule has 2 aromatic rings. The summed E-state index contributed by atoms with van der Waals surface area (Å²) < 4.78 is 67.5. The maximum Gasteiger partial charge on any atom is 0.416 e. The van der Waals surface area contributed by atoms with Gasteiger partial charge >= 0.3 is 6.18 Å². The van der Waals surface area contributed by atoms with Crippen LogP contribution in [0.3, 0.4) is 0 Å². The maximum absolute atomic E-state index is 13.4. The van der Waals surface area contributed by atoms with Crippen LogP contribution in [0.5, 0.6) is 0 Å². The molecule has 0 saturated carbocycles. The van der Waals surface area contributed by atoms with Crippen molar-refractivity contribution in [2.24, 2.45) is 0 Å². The number of nitrogens with one attached hydrogen (secondary N) is 1. The molecule has 0 aliphatic carbocycles. The van der Waals surface area contributed by atoms with Crippen molar-refractivity contribution in [2.75, 3.05) is 25.0 Å². The number of hydrogen-bond acceptors (Lipinski definition) is 4. The fourth-order valence-corrected chi connectivity index (χ4v) is 6.69. The van der Waals surface area contributed by atoms with Crippen LogP contribution in [-0.4, -0.2) is 55.2 Å². The highest BCUT2D eigenvalue weighted by Crippen LogP contribution is 2.33. The predicted molar refractivity (Wildman–Crippen MR) is 134 cm³/mol. The minimum absolute atomic E-state index is 0.0102. The average molecular weight is 526 g/mol. The Morgan fingerprint density at radius 1 is 1.08 bits per heavy atom. The molecule has 0 radical (unpaired) electrons. The lowest BCUT2D eigenvalue weighted by atomic mass is 10.0. The molecule has 1 amide bonds. The Bertz CT molecular complexity index is 1150. The van der Waals surface area contributed by atoms with E-state index in [2.05, 4.69) is 5.32 Å². The normalized spacial score (nSPS) is 15.5. The van der Waals surface area contributed by atoms with E-state index in [9.17, 15) is 26.4 Å². The van der Waals surface area contributed by atoms with Gasteiger partial charge in [-0.15, -0.1) is 0 Å². The summed E-state index contributed by atoms with van der Waals surface area (Å²) in [6.07, 6.45) is -3.47. The molecule has 1 N–H and O–H groups in total. The van der Waals surface area contributed by atoms with Crippen molar-refractivity contribution in [3.63, 3.8) is 0 Å². The largest absolute Gasteiger partial charge is 0.416 e. The minimum atomic E-state index is -4.63. The first-order valence-electron chi connectivity index (χ1n) is 12.1. The summed E-state index contributed by atoms with van der Waals surface area (Å²) in [5.74, 6) is -0.0102. The monoisotopic (exact) mass is 525 g/mol. The first kappa shape index (κ1) is 28.0. The summed E-state index contributed by atoms with van der Waals surface area (Å²) in [7, 11) is -4.15. The Labute approximate surface area is 211 Å². The molecule has 10 heteroatoms. The van der Waals surface area contributed by atoms with Crippen LogP contribution >= 0.6 is 0 Å². The highest BCUT2D eigenvalue weighted by atomic mass is 32.2. The van der Waals surface area contributed by atoms with E-state index in [1.54, 1.807) is 18.7 Å². The zero-order chi connectivity index (χ0) is 26.7. The van der Waals surface area contributed by atoms with E-state index in [1.165, 1.54) is 10.4 Å². The smallest absolute Gasteiger partial charge is 0.384 e. The first-order valence-corrected chi connectivity index (χ1v) is 13.5. The number of alkyl halides is 3. The second-order valence-electron chi connectivity index (χ2n) is 9.51. The van der Waals surface area contributed by atoms with E-state index in [0.29, 0.717) is 45.0 Å². The Morgan fingerprint density at radius 2 is 1.67 bits per heavy atom. The van der Waals surface area contributed by atoms with E-state index < -0.39 is 33.8 Å². The molecule has 0 spiro atoms. The van der Waals surface area contributed by atoms with Crippen LogP contribution in [0.2, 0.25) is 0 Å². The molecule has 1 saturated heterocycles. The molecular formula is C26H34F3N3O3S. The number of anilines is 1. The standard InChI is InChI=1S/C26H34F3N3O3S/c1-18(2)32(36(34,35)23-10-6-9-21(17-23)26(27,28)29)22-12-15-31(16-13-22)24(33)11-14-30-25-19(3)7-5-8-20(25)4/h5-10,17-18,22,30H,11-16H2,1-4H3. The zero-order valence-electron chi connectivity index (χ0n) is 21.1. The van der Waals surface area contributed by atoms with Crippen molar-refractivity contribution in [1.82, 2.24) is 9.21 Å². The second kappa shape index (κ2) is 11.2. The fourth-order valence-electron chi connectivity index (χ4n) is 4.77. The summed E-state index contributed by atoms with van der Waals surface area (Å²) >= 11 is 0. The van der Waals surface area contributed by atoms with Crippen LogP contribution in [0.1, 0.15) is 49.8 Å². The quantitative estimate of drug-likeness (QED) is 0.514. The number of rotatable bonds is 8. The lowest BCUT2D eigenvalue weighted by molar-refractivity contribution is -0.137. The van der Waals surface area contributed by atoms with E-state index in [0.717, 1.165) is 28.9 Å². The molecule has 198 valence electrons. The van der Waals surface area contributed by atoms with Gasteiger partial charge in [0, 0.05) is 43.8 Å². The maximum atomic E-state index is 13.4. The number of piperidine rings is 1. The zero-order valence-corrected chi connectivity index (χ0v) is 21.9. The first-order chi connectivity index (χ1) is 16.8. The highest BCUT2D eigenvalue weighted by Gasteiger charge is 2.38. The van der Waals surface area contributed by atoms with Crippen molar-refractivity contribution in [3.05, 3.63) is 59.2 Å². The molecule has 0 bridgehead atoms. The number of para-hydroxylation sites is 1. The van der Waals surface area contributed by atoms with Gasteiger partial charge in [-0.1, -0.05) is 24.3 Å². The third kappa shape index (κ3) is 6.39. The predicted octanol–water partition coefficient (Wildman–Crippen LogP) is 5.21. The summed E-state index contributed by atoms with van der Waals surface area (Å²) in [5, 5.41) is 3.33. The molecule has 1 heterocycles. The van der Waals surface area contributed by atoms with Gasteiger partial charge in [0.1, 0.15) is 0 Å². The summed E-state index contributed by atoms with van der Waals surface area (Å²) in [6, 6.07) is 9.01. The molecule has 36 heavy (non-hydrogen) atoms. The Balaban J connectivity index is 1.63. The van der Waals surface area contributed by atoms with Gasteiger partial charge in [-0.25, -0.2) is 8.42 Å². The lowest BCUT2D eigenvalue weighted by Crippen LogP contribution is -2.51. The number of nitrogens with zero attached hydrogens (tertiary/aromatic N) is 2. The number of carbonyl (C=O) groups excluding carboxylic acids is 1. The molecule has 2 aromatic carbocycles. The number of carbonyl (C=O) groups is 1. The van der Waals surface area contributed by atoms with Crippen molar-refractivity contribution in [2.45, 2.75) is 70.1 Å². The van der Waals surface area contributed by atoms with Gasteiger partial charge in [0.25, 0.3) is 0 Å². The fraction of sp³-hybridized carbons (Fsp3) is 0.500. The average Bonchev–Trinajstić information content (AvgIpc) is 2.80. The highest BCUT2D eigenvalue weighted by molar-refractivity contribution is 7.89. The van der Waals surface area contributed by atoms with E-state index in [1.807, 2.05) is 32.0 Å². The van der Waals surface area contributed by atoms with Gasteiger partial charge in [-0.05, 0) is 69.9 Å². The number of sulfonamides is 1. The van der Waals surface area contributed by atoms with E-state index in [4.69, 9.17) is 0 Å². The molecule has 1 fully saturated rings.